The first-order chi connectivity index (χ1) is 19.0. The zero-order valence-corrected chi connectivity index (χ0v) is 24.9. The molecule has 1 fully saturated rings. The van der Waals surface area contributed by atoms with Crippen LogP contribution in [0, 0.1) is 11.3 Å². The molecule has 0 atom stereocenters. The Bertz CT molecular complexity index is 1310. The predicted octanol–water partition coefficient (Wildman–Crippen LogP) is 9.44. The van der Waals surface area contributed by atoms with E-state index in [1.165, 1.54) is 17.8 Å². The van der Waals surface area contributed by atoms with Crippen LogP contribution in [-0.4, -0.2) is 29.7 Å². The molecule has 2 N–H and O–H groups in total. The quantitative estimate of drug-likeness (QED) is 0.363. The maximum absolute atomic E-state index is 13.3. The van der Waals surface area contributed by atoms with Gasteiger partial charge < -0.3 is 10.6 Å². The fourth-order valence-corrected chi connectivity index (χ4v) is 4.12. The van der Waals surface area contributed by atoms with E-state index in [4.69, 9.17) is 11.0 Å². The molecule has 3 rings (SSSR count). The first-order valence-electron chi connectivity index (χ1n) is 13.8. The maximum Gasteiger partial charge on any atom is 0.416 e. The van der Waals surface area contributed by atoms with E-state index in [1.54, 1.807) is 37.4 Å². The van der Waals surface area contributed by atoms with E-state index in [0.717, 1.165) is 47.7 Å². The molecule has 1 aromatic carbocycles. The summed E-state index contributed by atoms with van der Waals surface area (Å²) in [5.41, 5.74) is 9.48. The Kier molecular flexibility index (Phi) is 14.6. The highest BCUT2D eigenvalue weighted by Crippen LogP contribution is 2.32. The van der Waals surface area contributed by atoms with Gasteiger partial charge in [0.1, 0.15) is 5.82 Å². The normalized spacial score (nSPS) is 15.8. The molecule has 1 aromatic heterocycles. The van der Waals surface area contributed by atoms with E-state index < -0.39 is 11.7 Å². The van der Waals surface area contributed by atoms with Gasteiger partial charge in [0.25, 0.3) is 0 Å². The van der Waals surface area contributed by atoms with Gasteiger partial charge >= 0.3 is 6.18 Å². The number of benzene rings is 1. The Labute approximate surface area is 238 Å². The standard InChI is InChI=1S/C21H30F3N.C10H7N3.C2H6/c1-6-10-17(14-18(11-7-2)21(22,23)24)20(16(4)8-3)15-19-12-9-13-25(19)5;11-6-7-1-2-8-3-4-13-10(12)9(8)5-7;1-2/h6,10-11,14-15H,7-9,12-13H2,1-5H3;1-5H,(H2,12,13);1-2H3/b10-6-,17-14+,18-11-,19-15-,20-16?;;. The van der Waals surface area contributed by atoms with Crippen molar-refractivity contribution in [1.82, 2.24) is 9.88 Å². The second kappa shape index (κ2) is 17.0. The number of rotatable bonds is 6. The van der Waals surface area contributed by atoms with Crippen molar-refractivity contribution in [3.63, 3.8) is 0 Å². The molecule has 0 spiro atoms. The highest BCUT2D eigenvalue weighted by Gasteiger charge is 2.32. The van der Waals surface area contributed by atoms with Crippen molar-refractivity contribution in [2.75, 3.05) is 19.3 Å². The molecular formula is C33H43F3N4. The molecule has 7 heteroatoms. The van der Waals surface area contributed by atoms with Gasteiger partial charge in [-0.15, -0.1) is 0 Å². The third-order valence-corrected chi connectivity index (χ3v) is 6.36. The SMILES string of the molecule is CC.C\C=C/C(=C\C(=C\CC)C(F)(F)F)C(/C=C1/CCCN1C)=C(C)CC.N#Cc1ccc2ccnc(N)c2c1. The number of alkyl halides is 3. The number of nitrogens with two attached hydrogens (primary N) is 1. The van der Waals surface area contributed by atoms with E-state index in [9.17, 15) is 13.2 Å². The second-order valence-electron chi connectivity index (χ2n) is 9.12. The van der Waals surface area contributed by atoms with Gasteiger partial charge in [-0.05, 0) is 86.4 Å². The Morgan fingerprint density at radius 3 is 2.42 bits per heavy atom. The Hall–Kier alpha value is -3.79. The van der Waals surface area contributed by atoms with Gasteiger partial charge in [0.2, 0.25) is 0 Å². The van der Waals surface area contributed by atoms with Crippen LogP contribution in [0.5, 0.6) is 0 Å². The van der Waals surface area contributed by atoms with E-state index in [0.29, 0.717) is 23.4 Å². The topological polar surface area (TPSA) is 65.9 Å². The molecule has 2 aromatic rings. The summed E-state index contributed by atoms with van der Waals surface area (Å²) in [4.78, 5) is 6.13. The molecule has 1 saturated heterocycles. The number of fused-ring (bicyclic) bond motifs is 1. The number of hydrogen-bond donors (Lipinski definition) is 1. The lowest BCUT2D eigenvalue weighted by Crippen LogP contribution is -2.12. The minimum Gasteiger partial charge on any atom is -0.383 e. The molecule has 216 valence electrons. The van der Waals surface area contributed by atoms with E-state index in [1.807, 2.05) is 53.8 Å². The summed E-state index contributed by atoms with van der Waals surface area (Å²) < 4.78 is 40.0. The molecule has 0 unspecified atom stereocenters. The maximum atomic E-state index is 13.3. The van der Waals surface area contributed by atoms with Crippen molar-refractivity contribution in [3.8, 4) is 6.07 Å². The lowest BCUT2D eigenvalue weighted by atomic mass is 9.95. The van der Waals surface area contributed by atoms with Gasteiger partial charge in [0, 0.05) is 30.9 Å². The largest absolute Gasteiger partial charge is 0.416 e. The van der Waals surface area contributed by atoms with Crippen LogP contribution in [-0.2, 0) is 0 Å². The molecule has 4 nitrogen and oxygen atoms in total. The summed E-state index contributed by atoms with van der Waals surface area (Å²) in [6, 6.07) is 9.31. The monoisotopic (exact) mass is 552 g/mol. The molecule has 0 saturated carbocycles. The zero-order chi connectivity index (χ0) is 30.3. The summed E-state index contributed by atoms with van der Waals surface area (Å²) in [7, 11) is 2.04. The van der Waals surface area contributed by atoms with Gasteiger partial charge in [-0.3, -0.25) is 0 Å². The van der Waals surface area contributed by atoms with Crippen LogP contribution in [0.4, 0.5) is 19.0 Å². The van der Waals surface area contributed by atoms with Crippen LogP contribution >= 0.6 is 0 Å². The van der Waals surface area contributed by atoms with Gasteiger partial charge in [-0.25, -0.2) is 4.98 Å². The van der Waals surface area contributed by atoms with Crippen LogP contribution in [0.2, 0.25) is 0 Å². The van der Waals surface area contributed by atoms with Crippen molar-refractivity contribution in [2.45, 2.75) is 73.4 Å². The lowest BCUT2D eigenvalue weighted by Gasteiger charge is -2.17. The smallest absolute Gasteiger partial charge is 0.383 e. The van der Waals surface area contributed by atoms with Crippen LogP contribution in [0.25, 0.3) is 10.8 Å². The van der Waals surface area contributed by atoms with E-state index >= 15 is 0 Å². The fourth-order valence-electron chi connectivity index (χ4n) is 4.12. The number of aromatic nitrogens is 1. The highest BCUT2D eigenvalue weighted by atomic mass is 19.4. The van der Waals surface area contributed by atoms with E-state index in [-0.39, 0.29) is 0 Å². The van der Waals surface area contributed by atoms with Gasteiger partial charge in [0.05, 0.1) is 17.2 Å². The fraction of sp³-hybridized carbons (Fsp3) is 0.394. The number of likely N-dealkylation sites (tertiary alicyclic amines) is 1. The third kappa shape index (κ3) is 10.1. The van der Waals surface area contributed by atoms with Crippen LogP contribution in [0.15, 0.2) is 88.8 Å². The van der Waals surface area contributed by atoms with Crippen molar-refractivity contribution in [2.24, 2.45) is 0 Å². The van der Waals surface area contributed by atoms with Crippen molar-refractivity contribution < 1.29 is 13.2 Å². The molecule has 0 bridgehead atoms. The van der Waals surface area contributed by atoms with Crippen molar-refractivity contribution in [1.29, 1.82) is 5.26 Å². The molecule has 0 aliphatic carbocycles. The molecule has 40 heavy (non-hydrogen) atoms. The van der Waals surface area contributed by atoms with Gasteiger partial charge in [-0.1, -0.05) is 57.6 Å². The van der Waals surface area contributed by atoms with Gasteiger partial charge in [-0.2, -0.15) is 18.4 Å². The number of nitrogen functional groups attached to an aromatic ring is 1. The van der Waals surface area contributed by atoms with Crippen LogP contribution in [0.1, 0.15) is 72.8 Å². The number of anilines is 1. The summed E-state index contributed by atoms with van der Waals surface area (Å²) in [6.07, 6.45) is 8.69. The first kappa shape index (κ1) is 34.2. The summed E-state index contributed by atoms with van der Waals surface area (Å²) in [5, 5.41) is 10.5. The molecule has 1 aliphatic rings. The first-order valence-corrected chi connectivity index (χ1v) is 13.8. The van der Waals surface area contributed by atoms with Gasteiger partial charge in [0.15, 0.2) is 0 Å². The highest BCUT2D eigenvalue weighted by molar-refractivity contribution is 5.91. The number of allylic oxidation sites excluding steroid dienone is 10. The number of hydrogen-bond acceptors (Lipinski definition) is 4. The zero-order valence-electron chi connectivity index (χ0n) is 24.9. The molecule has 1 aliphatic heterocycles. The van der Waals surface area contributed by atoms with Crippen LogP contribution in [0.3, 0.4) is 0 Å². The average Bonchev–Trinajstić information content (AvgIpc) is 3.35. The lowest BCUT2D eigenvalue weighted by molar-refractivity contribution is -0.0884. The van der Waals surface area contributed by atoms with E-state index in [2.05, 4.69) is 22.0 Å². The molecular weight excluding hydrogens is 509 g/mol. The minimum absolute atomic E-state index is 0.351. The van der Waals surface area contributed by atoms with Crippen LogP contribution < -0.4 is 5.73 Å². The van der Waals surface area contributed by atoms with Crippen molar-refractivity contribution in [3.05, 3.63) is 94.4 Å². The summed E-state index contributed by atoms with van der Waals surface area (Å²) >= 11 is 0. The predicted molar refractivity (Wildman–Crippen MR) is 162 cm³/mol. The second-order valence-corrected chi connectivity index (χ2v) is 9.12. The average molecular weight is 553 g/mol. The molecule has 2 heterocycles. The van der Waals surface area contributed by atoms with Crippen molar-refractivity contribution >= 4 is 16.6 Å². The summed E-state index contributed by atoms with van der Waals surface area (Å²) in [5.74, 6) is 0.467. The third-order valence-electron chi connectivity index (χ3n) is 6.36. The Morgan fingerprint density at radius 1 is 1.20 bits per heavy atom. The molecule has 0 amide bonds. The number of pyridine rings is 1. The minimum atomic E-state index is -4.34. The number of halogens is 3. The number of nitriles is 1. The Morgan fingerprint density at radius 2 is 1.90 bits per heavy atom. The number of nitrogens with zero attached hydrogens (tertiary/aromatic N) is 3. The Balaban J connectivity index is 0.000000442. The summed E-state index contributed by atoms with van der Waals surface area (Å²) in [6.45, 7) is 12.6. The molecule has 0 radical (unpaired) electrons.